The highest BCUT2D eigenvalue weighted by molar-refractivity contribution is 14.0. The van der Waals surface area contributed by atoms with Crippen LogP contribution in [0.1, 0.15) is 6.42 Å². The first kappa shape index (κ1) is 18.6. The van der Waals surface area contributed by atoms with Crippen LogP contribution < -0.4 is 10.5 Å². The van der Waals surface area contributed by atoms with Crippen molar-refractivity contribution < 1.29 is 4.74 Å². The third-order valence-corrected chi connectivity index (χ3v) is 2.72. The number of guanidine groups is 1. The summed E-state index contributed by atoms with van der Waals surface area (Å²) in [5.41, 5.74) is 5.65. The van der Waals surface area contributed by atoms with Crippen LogP contribution in [0.25, 0.3) is 0 Å². The van der Waals surface area contributed by atoms with E-state index >= 15 is 0 Å². The van der Waals surface area contributed by atoms with Crippen molar-refractivity contribution in [3.05, 3.63) is 28.2 Å². The summed E-state index contributed by atoms with van der Waals surface area (Å²) in [6.07, 6.45) is 0.771. The molecule has 2 N–H and O–H groups in total. The van der Waals surface area contributed by atoms with Gasteiger partial charge in [-0.05, 0) is 18.2 Å². The average molecular weight is 418 g/mol. The van der Waals surface area contributed by atoms with Gasteiger partial charge in [-0.2, -0.15) is 0 Å². The van der Waals surface area contributed by atoms with Crippen LogP contribution in [-0.4, -0.2) is 38.1 Å². The fraction of sp³-hybridized carbons (Fsp3) is 0.417. The molecule has 0 spiro atoms. The van der Waals surface area contributed by atoms with Crippen LogP contribution in [0.2, 0.25) is 10.0 Å². The van der Waals surface area contributed by atoms with Gasteiger partial charge in [0.15, 0.2) is 5.96 Å². The quantitative estimate of drug-likeness (QED) is 0.346. The van der Waals surface area contributed by atoms with Crippen LogP contribution in [0.5, 0.6) is 5.75 Å². The largest absolute Gasteiger partial charge is 0.492 e. The number of hydrogen-bond acceptors (Lipinski definition) is 2. The summed E-state index contributed by atoms with van der Waals surface area (Å²) >= 11 is 11.8. The number of nitrogens with zero attached hydrogens (tertiary/aromatic N) is 2. The van der Waals surface area contributed by atoms with Gasteiger partial charge in [-0.25, -0.2) is 0 Å². The molecule has 1 rings (SSSR count). The molecule has 1 aromatic rings. The summed E-state index contributed by atoms with van der Waals surface area (Å²) in [5, 5.41) is 1.11. The van der Waals surface area contributed by atoms with Crippen molar-refractivity contribution in [1.82, 2.24) is 4.90 Å². The Kier molecular flexibility index (Phi) is 9.30. The minimum absolute atomic E-state index is 0. The lowest BCUT2D eigenvalue weighted by Crippen LogP contribution is -2.30. The Morgan fingerprint density at radius 2 is 2.05 bits per heavy atom. The molecule has 0 saturated heterocycles. The molecule has 0 bridgehead atoms. The highest BCUT2D eigenvalue weighted by atomic mass is 127. The molecule has 0 aliphatic heterocycles. The maximum absolute atomic E-state index is 5.97. The second-order valence-corrected chi connectivity index (χ2v) is 4.75. The van der Waals surface area contributed by atoms with Crippen LogP contribution in [0.3, 0.4) is 0 Å². The summed E-state index contributed by atoms with van der Waals surface area (Å²) < 4.78 is 5.52. The Morgan fingerprint density at radius 3 is 2.63 bits per heavy atom. The standard InChI is InChI=1S/C12H17Cl2N3O.HI/c1-17(2)12(15)16-6-3-7-18-11-5-4-9(13)8-10(11)14;/h4-5,8H,3,6-7H2,1-2H3,(H2,15,16);1H. The number of nitrogens with two attached hydrogens (primary N) is 1. The SMILES string of the molecule is CN(C)C(N)=NCCCOc1ccc(Cl)cc1Cl.I. The fourth-order valence-corrected chi connectivity index (χ4v) is 1.64. The van der Waals surface area contributed by atoms with E-state index in [0.29, 0.717) is 34.9 Å². The zero-order valence-corrected chi connectivity index (χ0v) is 14.7. The molecule has 1 aromatic carbocycles. The van der Waals surface area contributed by atoms with Gasteiger partial charge >= 0.3 is 0 Å². The third-order valence-electron chi connectivity index (χ3n) is 2.19. The molecule has 4 nitrogen and oxygen atoms in total. The van der Waals surface area contributed by atoms with Gasteiger partial charge in [0, 0.05) is 32.1 Å². The minimum Gasteiger partial charge on any atom is -0.492 e. The maximum atomic E-state index is 5.97. The van der Waals surface area contributed by atoms with Gasteiger partial charge in [0.05, 0.1) is 11.6 Å². The van der Waals surface area contributed by atoms with Crippen LogP contribution in [0.15, 0.2) is 23.2 Å². The van der Waals surface area contributed by atoms with E-state index in [1.54, 1.807) is 23.1 Å². The summed E-state index contributed by atoms with van der Waals surface area (Å²) in [6.45, 7) is 1.15. The van der Waals surface area contributed by atoms with Crippen molar-refractivity contribution in [1.29, 1.82) is 0 Å². The number of rotatable bonds is 5. The first-order valence-electron chi connectivity index (χ1n) is 5.56. The van der Waals surface area contributed by atoms with E-state index in [4.69, 9.17) is 33.7 Å². The molecule has 0 heterocycles. The Bertz CT molecular complexity index is 427. The molecule has 0 saturated carbocycles. The zero-order chi connectivity index (χ0) is 13.5. The second kappa shape index (κ2) is 9.50. The fourth-order valence-electron chi connectivity index (χ4n) is 1.17. The van der Waals surface area contributed by atoms with Gasteiger partial charge in [0.1, 0.15) is 5.75 Å². The molecule has 0 aliphatic rings. The Hall–Kier alpha value is -0.400. The van der Waals surface area contributed by atoms with Crippen molar-refractivity contribution in [2.45, 2.75) is 6.42 Å². The predicted octanol–water partition coefficient (Wildman–Crippen LogP) is 3.26. The Morgan fingerprint density at radius 1 is 1.37 bits per heavy atom. The molecule has 0 fully saturated rings. The second-order valence-electron chi connectivity index (χ2n) is 3.91. The highest BCUT2D eigenvalue weighted by Gasteiger charge is 2.01. The molecule has 0 aliphatic carbocycles. The third kappa shape index (κ3) is 7.08. The normalized spacial score (nSPS) is 10.8. The lowest BCUT2D eigenvalue weighted by Gasteiger charge is -2.10. The van der Waals surface area contributed by atoms with E-state index in [2.05, 4.69) is 4.99 Å². The van der Waals surface area contributed by atoms with Crippen molar-refractivity contribution >= 4 is 53.1 Å². The molecule has 108 valence electrons. The first-order chi connectivity index (χ1) is 8.50. The van der Waals surface area contributed by atoms with Gasteiger partial charge in [-0.3, -0.25) is 4.99 Å². The number of halogens is 3. The van der Waals surface area contributed by atoms with Crippen molar-refractivity contribution in [2.24, 2.45) is 10.7 Å². The lowest BCUT2D eigenvalue weighted by molar-refractivity contribution is 0.313. The van der Waals surface area contributed by atoms with Gasteiger partial charge in [0.2, 0.25) is 0 Å². The lowest BCUT2D eigenvalue weighted by atomic mass is 10.3. The molecule has 0 unspecified atom stereocenters. The van der Waals surface area contributed by atoms with E-state index in [0.717, 1.165) is 6.42 Å². The van der Waals surface area contributed by atoms with E-state index < -0.39 is 0 Å². The topological polar surface area (TPSA) is 50.8 Å². The first-order valence-corrected chi connectivity index (χ1v) is 6.31. The van der Waals surface area contributed by atoms with E-state index in [-0.39, 0.29) is 24.0 Å². The van der Waals surface area contributed by atoms with Crippen LogP contribution in [0, 0.1) is 0 Å². The molecule has 0 amide bonds. The zero-order valence-electron chi connectivity index (χ0n) is 10.9. The summed E-state index contributed by atoms with van der Waals surface area (Å²) in [7, 11) is 3.70. The van der Waals surface area contributed by atoms with Gasteiger partial charge in [0.25, 0.3) is 0 Å². The number of ether oxygens (including phenoxy) is 1. The predicted molar refractivity (Wildman–Crippen MR) is 92.2 cm³/mol. The van der Waals surface area contributed by atoms with E-state index in [9.17, 15) is 0 Å². The van der Waals surface area contributed by atoms with Gasteiger partial charge in [-0.1, -0.05) is 23.2 Å². The number of benzene rings is 1. The van der Waals surface area contributed by atoms with E-state index in [1.165, 1.54) is 0 Å². The van der Waals surface area contributed by atoms with Gasteiger partial charge in [-0.15, -0.1) is 24.0 Å². The van der Waals surface area contributed by atoms with Crippen molar-refractivity contribution in [2.75, 3.05) is 27.2 Å². The molecule has 19 heavy (non-hydrogen) atoms. The average Bonchev–Trinajstić information content (AvgIpc) is 2.30. The van der Waals surface area contributed by atoms with Crippen LogP contribution in [-0.2, 0) is 0 Å². The number of hydrogen-bond donors (Lipinski definition) is 1. The molecular weight excluding hydrogens is 400 g/mol. The van der Waals surface area contributed by atoms with Crippen LogP contribution >= 0.6 is 47.2 Å². The molecule has 7 heteroatoms. The summed E-state index contributed by atoms with van der Waals surface area (Å²) in [4.78, 5) is 5.94. The Balaban J connectivity index is 0.00000324. The molecule has 0 atom stereocenters. The number of aliphatic imine (C=N–C) groups is 1. The van der Waals surface area contributed by atoms with Gasteiger partial charge < -0.3 is 15.4 Å². The van der Waals surface area contributed by atoms with Crippen molar-refractivity contribution in [3.63, 3.8) is 0 Å². The molecular formula is C12H18Cl2IN3O. The minimum atomic E-state index is 0. The molecule has 0 radical (unpaired) electrons. The van der Waals surface area contributed by atoms with Crippen molar-refractivity contribution in [3.8, 4) is 5.75 Å². The molecule has 0 aromatic heterocycles. The van der Waals surface area contributed by atoms with E-state index in [1.807, 2.05) is 14.1 Å². The summed E-state index contributed by atoms with van der Waals surface area (Å²) in [6, 6.07) is 5.15. The smallest absolute Gasteiger partial charge is 0.190 e. The summed E-state index contributed by atoms with van der Waals surface area (Å²) in [5.74, 6) is 1.14. The monoisotopic (exact) mass is 417 g/mol. The highest BCUT2D eigenvalue weighted by Crippen LogP contribution is 2.27. The van der Waals surface area contributed by atoms with Crippen LogP contribution in [0.4, 0.5) is 0 Å². The Labute approximate surface area is 140 Å². The maximum Gasteiger partial charge on any atom is 0.190 e.